The minimum atomic E-state index is -0.603. The molecule has 0 saturated carbocycles. The Morgan fingerprint density at radius 1 is 1.18 bits per heavy atom. The summed E-state index contributed by atoms with van der Waals surface area (Å²) in [5.41, 5.74) is 2.79. The van der Waals surface area contributed by atoms with E-state index in [9.17, 15) is 5.11 Å². The molecule has 2 nitrogen and oxygen atoms in total. The van der Waals surface area contributed by atoms with Crippen molar-refractivity contribution in [3.05, 3.63) is 35.4 Å². The van der Waals surface area contributed by atoms with Gasteiger partial charge in [-0.2, -0.15) is 11.8 Å². The predicted octanol–water partition coefficient (Wildman–Crippen LogP) is 2.57. The molecule has 0 aromatic heterocycles. The molecular weight excluding hydrogens is 232 g/mol. The van der Waals surface area contributed by atoms with Gasteiger partial charge >= 0.3 is 0 Å². The molecule has 1 atom stereocenters. The molecule has 0 saturated heterocycles. The molecule has 0 aliphatic carbocycles. The number of aliphatic hydroxyl groups excluding tert-OH is 2. The van der Waals surface area contributed by atoms with Crippen molar-refractivity contribution in [1.29, 1.82) is 0 Å². The molecule has 0 fully saturated rings. The fraction of sp³-hybridized carbons (Fsp3) is 0.571. The summed E-state index contributed by atoms with van der Waals surface area (Å²) in [6, 6.07) is 8.61. The lowest BCUT2D eigenvalue weighted by Gasteiger charge is -2.19. The molecule has 96 valence electrons. The maximum atomic E-state index is 9.22. The SMILES string of the molecule is CC(C)(C)c1ccc(CSCC(O)CO)cc1. The molecule has 0 aliphatic heterocycles. The maximum absolute atomic E-state index is 9.22. The van der Waals surface area contributed by atoms with Crippen LogP contribution >= 0.6 is 11.8 Å². The maximum Gasteiger partial charge on any atom is 0.0861 e. The lowest BCUT2D eigenvalue weighted by atomic mass is 9.87. The lowest BCUT2D eigenvalue weighted by Crippen LogP contribution is -2.14. The highest BCUT2D eigenvalue weighted by Crippen LogP contribution is 2.23. The summed E-state index contributed by atoms with van der Waals surface area (Å²) in [5, 5.41) is 17.9. The highest BCUT2D eigenvalue weighted by atomic mass is 32.2. The van der Waals surface area contributed by atoms with Gasteiger partial charge in [0.25, 0.3) is 0 Å². The van der Waals surface area contributed by atoms with Crippen molar-refractivity contribution in [1.82, 2.24) is 0 Å². The number of benzene rings is 1. The van der Waals surface area contributed by atoms with Gasteiger partial charge in [-0.05, 0) is 16.5 Å². The van der Waals surface area contributed by atoms with Crippen molar-refractivity contribution in [2.75, 3.05) is 12.4 Å². The van der Waals surface area contributed by atoms with Crippen LogP contribution in [0.2, 0.25) is 0 Å². The Morgan fingerprint density at radius 3 is 2.24 bits per heavy atom. The van der Waals surface area contributed by atoms with E-state index in [1.807, 2.05) is 0 Å². The first-order valence-corrected chi connectivity index (χ1v) is 7.05. The van der Waals surface area contributed by atoms with Crippen molar-refractivity contribution in [2.24, 2.45) is 0 Å². The molecule has 1 aromatic carbocycles. The average Bonchev–Trinajstić information content (AvgIpc) is 2.28. The van der Waals surface area contributed by atoms with E-state index < -0.39 is 6.10 Å². The van der Waals surface area contributed by atoms with Crippen LogP contribution in [-0.2, 0) is 11.2 Å². The third kappa shape index (κ3) is 5.11. The summed E-state index contributed by atoms with van der Waals surface area (Å²) in [6.45, 7) is 6.45. The predicted molar refractivity (Wildman–Crippen MR) is 74.4 cm³/mol. The summed E-state index contributed by atoms with van der Waals surface area (Å²) in [4.78, 5) is 0. The monoisotopic (exact) mass is 254 g/mol. The van der Waals surface area contributed by atoms with Crippen LogP contribution in [0.15, 0.2) is 24.3 Å². The van der Waals surface area contributed by atoms with Crippen molar-refractivity contribution in [2.45, 2.75) is 38.0 Å². The van der Waals surface area contributed by atoms with Crippen LogP contribution in [0.5, 0.6) is 0 Å². The molecule has 2 N–H and O–H groups in total. The van der Waals surface area contributed by atoms with Crippen molar-refractivity contribution in [3.63, 3.8) is 0 Å². The molecule has 0 spiro atoms. The van der Waals surface area contributed by atoms with Crippen LogP contribution in [0.3, 0.4) is 0 Å². The summed E-state index contributed by atoms with van der Waals surface area (Å²) in [6.07, 6.45) is -0.603. The lowest BCUT2D eigenvalue weighted by molar-refractivity contribution is 0.113. The summed E-state index contributed by atoms with van der Waals surface area (Å²) >= 11 is 1.64. The summed E-state index contributed by atoms with van der Waals surface area (Å²) < 4.78 is 0. The summed E-state index contributed by atoms with van der Waals surface area (Å²) in [5.74, 6) is 1.46. The third-order valence-electron chi connectivity index (χ3n) is 2.61. The van der Waals surface area contributed by atoms with E-state index in [4.69, 9.17) is 5.11 Å². The highest BCUT2D eigenvalue weighted by Gasteiger charge is 2.12. The number of hydrogen-bond donors (Lipinski definition) is 2. The molecule has 17 heavy (non-hydrogen) atoms. The smallest absolute Gasteiger partial charge is 0.0861 e. The zero-order valence-corrected chi connectivity index (χ0v) is 11.6. The van der Waals surface area contributed by atoms with Crippen molar-refractivity contribution in [3.8, 4) is 0 Å². The Balaban J connectivity index is 2.46. The quantitative estimate of drug-likeness (QED) is 0.848. The van der Waals surface area contributed by atoms with Crippen molar-refractivity contribution >= 4 is 11.8 Å². The Kier molecular flexibility index (Phi) is 5.50. The van der Waals surface area contributed by atoms with Gasteiger partial charge in [-0.1, -0.05) is 45.0 Å². The molecule has 0 aliphatic rings. The third-order valence-corrected chi connectivity index (χ3v) is 3.77. The minimum absolute atomic E-state index is 0.157. The van der Waals surface area contributed by atoms with Crippen LogP contribution in [-0.4, -0.2) is 28.7 Å². The van der Waals surface area contributed by atoms with Gasteiger partial charge in [0.1, 0.15) is 0 Å². The average molecular weight is 254 g/mol. The van der Waals surface area contributed by atoms with E-state index in [0.29, 0.717) is 5.75 Å². The van der Waals surface area contributed by atoms with Gasteiger partial charge in [-0.25, -0.2) is 0 Å². The molecule has 0 amide bonds. The zero-order chi connectivity index (χ0) is 12.9. The number of thioether (sulfide) groups is 1. The van der Waals surface area contributed by atoms with Gasteiger partial charge in [0.15, 0.2) is 0 Å². The molecule has 0 bridgehead atoms. The fourth-order valence-corrected chi connectivity index (χ4v) is 2.39. The first-order chi connectivity index (χ1) is 7.93. The second-order valence-corrected chi connectivity index (χ2v) is 6.33. The zero-order valence-electron chi connectivity index (χ0n) is 10.8. The standard InChI is InChI=1S/C14H22O2S/c1-14(2,3)12-6-4-11(5-7-12)9-17-10-13(16)8-15/h4-7,13,15-16H,8-10H2,1-3H3. The van der Waals surface area contributed by atoms with Crippen LogP contribution in [0.25, 0.3) is 0 Å². The van der Waals surface area contributed by atoms with Gasteiger partial charge in [-0.15, -0.1) is 0 Å². The normalized spacial score (nSPS) is 13.7. The highest BCUT2D eigenvalue weighted by molar-refractivity contribution is 7.98. The van der Waals surface area contributed by atoms with E-state index in [0.717, 1.165) is 5.75 Å². The molecule has 0 radical (unpaired) electrons. The van der Waals surface area contributed by atoms with Crippen LogP contribution in [0.4, 0.5) is 0 Å². The Labute approximate surface area is 108 Å². The summed E-state index contributed by atoms with van der Waals surface area (Å²) in [7, 11) is 0. The van der Waals surface area contributed by atoms with Gasteiger partial charge in [-0.3, -0.25) is 0 Å². The first kappa shape index (κ1) is 14.6. The van der Waals surface area contributed by atoms with E-state index in [-0.39, 0.29) is 12.0 Å². The second-order valence-electron chi connectivity index (χ2n) is 5.30. The van der Waals surface area contributed by atoms with Gasteiger partial charge < -0.3 is 10.2 Å². The van der Waals surface area contributed by atoms with Gasteiger partial charge in [0.2, 0.25) is 0 Å². The van der Waals surface area contributed by atoms with Crippen LogP contribution < -0.4 is 0 Å². The number of aliphatic hydroxyl groups is 2. The fourth-order valence-electron chi connectivity index (χ4n) is 1.47. The van der Waals surface area contributed by atoms with E-state index in [1.165, 1.54) is 11.1 Å². The molecule has 1 unspecified atom stereocenters. The molecule has 1 rings (SSSR count). The molecule has 1 aromatic rings. The topological polar surface area (TPSA) is 40.5 Å². The van der Waals surface area contributed by atoms with E-state index in [1.54, 1.807) is 11.8 Å². The minimum Gasteiger partial charge on any atom is -0.394 e. The first-order valence-electron chi connectivity index (χ1n) is 5.89. The molecule has 3 heteroatoms. The van der Waals surface area contributed by atoms with Crippen LogP contribution in [0, 0.1) is 0 Å². The Morgan fingerprint density at radius 2 is 1.76 bits per heavy atom. The Bertz CT molecular complexity index is 327. The molecular formula is C14H22O2S. The largest absolute Gasteiger partial charge is 0.394 e. The molecule has 0 heterocycles. The number of rotatable bonds is 5. The van der Waals surface area contributed by atoms with Crippen molar-refractivity contribution < 1.29 is 10.2 Å². The van der Waals surface area contributed by atoms with Gasteiger partial charge in [0.05, 0.1) is 12.7 Å². The Hall–Kier alpha value is -0.510. The van der Waals surface area contributed by atoms with Gasteiger partial charge in [0, 0.05) is 11.5 Å². The van der Waals surface area contributed by atoms with Crippen LogP contribution in [0.1, 0.15) is 31.9 Å². The number of hydrogen-bond acceptors (Lipinski definition) is 3. The van der Waals surface area contributed by atoms with E-state index >= 15 is 0 Å². The van der Waals surface area contributed by atoms with E-state index in [2.05, 4.69) is 45.0 Å². The second kappa shape index (κ2) is 6.43.